The summed E-state index contributed by atoms with van der Waals surface area (Å²) in [4.78, 5) is 2.43. The van der Waals surface area contributed by atoms with Crippen molar-refractivity contribution in [3.05, 3.63) is 231 Å². The third-order valence-corrected chi connectivity index (χ3v) is 12.2. The quantitative estimate of drug-likeness (QED) is 0.161. The van der Waals surface area contributed by atoms with Gasteiger partial charge in [-0.25, -0.2) is 0 Å². The zero-order valence-electron chi connectivity index (χ0n) is 33.2. The average molecular weight is 779 g/mol. The van der Waals surface area contributed by atoms with Gasteiger partial charge < -0.3 is 13.9 Å². The molecule has 0 atom stereocenters. The number of hydrogen-bond acceptors (Lipinski definition) is 2. The van der Waals surface area contributed by atoms with E-state index in [-0.39, 0.29) is 0 Å². The summed E-state index contributed by atoms with van der Waals surface area (Å²) in [5.74, 6) is 0. The third kappa shape index (κ3) is 5.82. The van der Waals surface area contributed by atoms with Gasteiger partial charge >= 0.3 is 0 Å². The molecule has 3 heteroatoms. The van der Waals surface area contributed by atoms with Gasteiger partial charge in [0, 0.05) is 44.2 Å². The van der Waals surface area contributed by atoms with Gasteiger partial charge in [-0.2, -0.15) is 0 Å². The van der Waals surface area contributed by atoms with E-state index in [1.165, 1.54) is 43.8 Å². The van der Waals surface area contributed by atoms with Crippen LogP contribution in [0.5, 0.6) is 0 Å². The van der Waals surface area contributed by atoms with Crippen molar-refractivity contribution in [2.75, 3.05) is 4.90 Å². The van der Waals surface area contributed by atoms with Crippen LogP contribution >= 0.6 is 0 Å². The average Bonchev–Trinajstić information content (AvgIpc) is 3.87. The fourth-order valence-electron chi connectivity index (χ4n) is 9.41. The number of fused-ring (bicyclic) bond motifs is 7. The molecule has 0 N–H and O–H groups in total. The number of rotatable bonds is 7. The molecule has 0 saturated carbocycles. The van der Waals surface area contributed by atoms with Crippen molar-refractivity contribution in [3.8, 4) is 39.1 Å². The van der Waals surface area contributed by atoms with Crippen LogP contribution in [0.4, 0.5) is 17.1 Å². The molecular weight excluding hydrogens is 741 g/mol. The van der Waals surface area contributed by atoms with E-state index >= 15 is 0 Å². The second-order valence-corrected chi connectivity index (χ2v) is 15.7. The fraction of sp³-hybridized carbons (Fsp3) is 0. The SMILES string of the molecule is c1ccc(-c2cccc3cccc(-c4ccccc4N(c4ccc(-c5ccc6oc7ccccc7c6c5)cc4)c4ccc5c6ccccc6n(-c6ccccc6)c5c4)c23)cc1. The van der Waals surface area contributed by atoms with Gasteiger partial charge in [0.05, 0.1) is 16.7 Å². The molecule has 0 amide bonds. The van der Waals surface area contributed by atoms with Crippen LogP contribution in [0, 0.1) is 0 Å². The highest BCUT2D eigenvalue weighted by Gasteiger charge is 2.22. The molecule has 61 heavy (non-hydrogen) atoms. The van der Waals surface area contributed by atoms with Crippen molar-refractivity contribution in [2.45, 2.75) is 0 Å². The maximum Gasteiger partial charge on any atom is 0.135 e. The number of hydrogen-bond donors (Lipinski definition) is 0. The van der Waals surface area contributed by atoms with E-state index in [2.05, 4.69) is 228 Å². The second-order valence-electron chi connectivity index (χ2n) is 15.7. The van der Waals surface area contributed by atoms with E-state index in [4.69, 9.17) is 4.42 Å². The van der Waals surface area contributed by atoms with Crippen LogP contribution < -0.4 is 4.90 Å². The maximum atomic E-state index is 6.18. The normalized spacial score (nSPS) is 11.6. The maximum absolute atomic E-state index is 6.18. The molecule has 3 nitrogen and oxygen atoms in total. The van der Waals surface area contributed by atoms with E-state index in [9.17, 15) is 0 Å². The minimum atomic E-state index is 0.900. The summed E-state index contributed by atoms with van der Waals surface area (Å²) in [5.41, 5.74) is 15.6. The minimum Gasteiger partial charge on any atom is -0.456 e. The van der Waals surface area contributed by atoms with E-state index in [1.54, 1.807) is 0 Å². The van der Waals surface area contributed by atoms with Crippen LogP contribution in [0.3, 0.4) is 0 Å². The molecule has 286 valence electrons. The van der Waals surface area contributed by atoms with E-state index in [1.807, 2.05) is 12.1 Å². The molecule has 0 unspecified atom stereocenters. The Kier molecular flexibility index (Phi) is 8.17. The number of anilines is 3. The smallest absolute Gasteiger partial charge is 0.135 e. The molecule has 0 aliphatic carbocycles. The summed E-state index contributed by atoms with van der Waals surface area (Å²) in [6.45, 7) is 0. The predicted octanol–water partition coefficient (Wildman–Crippen LogP) is 16.3. The lowest BCUT2D eigenvalue weighted by Crippen LogP contribution is -2.11. The van der Waals surface area contributed by atoms with Crippen molar-refractivity contribution in [1.82, 2.24) is 4.57 Å². The largest absolute Gasteiger partial charge is 0.456 e. The molecule has 12 aromatic rings. The lowest BCUT2D eigenvalue weighted by molar-refractivity contribution is 0.669. The first-order valence-corrected chi connectivity index (χ1v) is 20.8. The Balaban J connectivity index is 1.08. The zero-order valence-corrected chi connectivity index (χ0v) is 33.2. The molecule has 0 saturated heterocycles. The third-order valence-electron chi connectivity index (χ3n) is 12.2. The summed E-state index contributed by atoms with van der Waals surface area (Å²) in [6.07, 6.45) is 0. The van der Waals surface area contributed by atoms with Gasteiger partial charge in [0.15, 0.2) is 0 Å². The molecule has 10 aromatic carbocycles. The van der Waals surface area contributed by atoms with Crippen molar-refractivity contribution in [3.63, 3.8) is 0 Å². The van der Waals surface area contributed by atoms with Gasteiger partial charge in [-0.1, -0.05) is 164 Å². The first kappa shape index (κ1) is 34.9. The summed E-state index contributed by atoms with van der Waals surface area (Å²) < 4.78 is 8.57. The van der Waals surface area contributed by atoms with Crippen LogP contribution in [-0.4, -0.2) is 4.57 Å². The van der Waals surface area contributed by atoms with Crippen LogP contribution in [-0.2, 0) is 0 Å². The Morgan fingerprint density at radius 1 is 0.344 bits per heavy atom. The first-order valence-electron chi connectivity index (χ1n) is 20.8. The number of aromatic nitrogens is 1. The highest BCUT2D eigenvalue weighted by atomic mass is 16.3. The van der Waals surface area contributed by atoms with Crippen molar-refractivity contribution in [1.29, 1.82) is 0 Å². The Bertz CT molecular complexity index is 3580. The molecule has 12 rings (SSSR count). The van der Waals surface area contributed by atoms with Gasteiger partial charge in [-0.3, -0.25) is 0 Å². The summed E-state index contributed by atoms with van der Waals surface area (Å²) >= 11 is 0. The Morgan fingerprint density at radius 2 is 0.967 bits per heavy atom. The van der Waals surface area contributed by atoms with Crippen molar-refractivity contribution >= 4 is 71.6 Å². The number of para-hydroxylation sites is 4. The second kappa shape index (κ2) is 14.3. The molecule has 0 fully saturated rings. The fourth-order valence-corrected chi connectivity index (χ4v) is 9.41. The first-order chi connectivity index (χ1) is 30.3. The number of furan rings is 1. The molecule has 2 aromatic heterocycles. The van der Waals surface area contributed by atoms with Crippen molar-refractivity contribution < 1.29 is 4.42 Å². The van der Waals surface area contributed by atoms with Gasteiger partial charge in [0.2, 0.25) is 0 Å². The lowest BCUT2D eigenvalue weighted by atomic mass is 9.90. The van der Waals surface area contributed by atoms with Gasteiger partial charge in [0.25, 0.3) is 0 Å². The Labute approximate surface area is 353 Å². The summed E-state index contributed by atoms with van der Waals surface area (Å²) in [5, 5.41) is 7.15. The minimum absolute atomic E-state index is 0.900. The highest BCUT2D eigenvalue weighted by molar-refractivity contribution is 6.12. The molecule has 0 spiro atoms. The lowest BCUT2D eigenvalue weighted by Gasteiger charge is -2.29. The standard InChI is InChI=1S/C58H38N2O/c1-3-15-40(16-4-1)46-24-13-17-41-18-14-25-51(58(41)46)48-22-8-10-26-53(48)59(44-32-29-39(30-33-44)42-31-36-57-52(37-42)50-23-9-12-28-56(50)61-57)45-34-35-49-47-21-7-11-27-54(47)60(55(49)38-45)43-19-5-2-6-20-43/h1-38H. The highest BCUT2D eigenvalue weighted by Crippen LogP contribution is 2.46. The molecule has 0 aliphatic rings. The van der Waals surface area contributed by atoms with Crippen LogP contribution in [0.25, 0.3) is 93.6 Å². The monoisotopic (exact) mass is 778 g/mol. The Hall–Kier alpha value is -8.14. The number of nitrogens with zero attached hydrogens (tertiary/aromatic N) is 2. The van der Waals surface area contributed by atoms with E-state index in [0.717, 1.165) is 66.9 Å². The summed E-state index contributed by atoms with van der Waals surface area (Å²) in [7, 11) is 0. The van der Waals surface area contributed by atoms with Crippen LogP contribution in [0.15, 0.2) is 235 Å². The molecule has 2 heterocycles. The molecule has 0 aliphatic heterocycles. The topological polar surface area (TPSA) is 21.3 Å². The predicted molar refractivity (Wildman–Crippen MR) is 257 cm³/mol. The number of benzene rings is 10. The molecular formula is C58H38N2O. The van der Waals surface area contributed by atoms with Gasteiger partial charge in [-0.15, -0.1) is 0 Å². The van der Waals surface area contributed by atoms with E-state index < -0.39 is 0 Å². The van der Waals surface area contributed by atoms with Crippen LogP contribution in [0.2, 0.25) is 0 Å². The van der Waals surface area contributed by atoms with Crippen molar-refractivity contribution in [2.24, 2.45) is 0 Å². The van der Waals surface area contributed by atoms with E-state index in [0.29, 0.717) is 0 Å². The van der Waals surface area contributed by atoms with Gasteiger partial charge in [-0.05, 0) is 105 Å². The summed E-state index contributed by atoms with van der Waals surface area (Å²) in [6, 6.07) is 83.1. The Morgan fingerprint density at radius 3 is 1.80 bits per heavy atom. The van der Waals surface area contributed by atoms with Gasteiger partial charge in [0.1, 0.15) is 11.2 Å². The molecule has 0 radical (unpaired) electrons. The van der Waals surface area contributed by atoms with Crippen LogP contribution in [0.1, 0.15) is 0 Å². The molecule has 0 bridgehead atoms. The zero-order chi connectivity index (χ0) is 40.3.